The summed E-state index contributed by atoms with van der Waals surface area (Å²) < 4.78 is 1.19. The third kappa shape index (κ3) is 3.05. The molecule has 2 aromatic carbocycles. The van der Waals surface area contributed by atoms with Crippen molar-refractivity contribution in [1.29, 1.82) is 0 Å². The van der Waals surface area contributed by atoms with Crippen molar-refractivity contribution < 1.29 is 5.11 Å². The van der Waals surface area contributed by atoms with Gasteiger partial charge >= 0.3 is 0 Å². The van der Waals surface area contributed by atoms with Gasteiger partial charge in [0.2, 0.25) is 0 Å². The number of thiazole rings is 1. The predicted molar refractivity (Wildman–Crippen MR) is 104 cm³/mol. The van der Waals surface area contributed by atoms with E-state index in [-0.39, 0.29) is 10.8 Å². The molecule has 0 unspecified atom stereocenters. The third-order valence-electron chi connectivity index (χ3n) is 4.27. The number of para-hydroxylation sites is 1. The highest BCUT2D eigenvalue weighted by molar-refractivity contribution is 7.21. The van der Waals surface area contributed by atoms with Crippen LogP contribution >= 0.6 is 11.3 Å². The molecule has 0 radical (unpaired) electrons. The van der Waals surface area contributed by atoms with Crippen molar-refractivity contribution in [2.45, 2.75) is 52.4 Å². The smallest absolute Gasteiger partial charge is 0.124 e. The molecule has 0 aliphatic carbocycles. The maximum absolute atomic E-state index is 10.9. The largest absolute Gasteiger partial charge is 0.507 e. The summed E-state index contributed by atoms with van der Waals surface area (Å²) in [4.78, 5) is 4.80. The average molecular weight is 340 g/mol. The zero-order valence-corrected chi connectivity index (χ0v) is 16.1. The second-order valence-electron chi connectivity index (χ2n) is 8.41. The highest BCUT2D eigenvalue weighted by Crippen LogP contribution is 2.43. The normalized spacial score (nSPS) is 12.8. The van der Waals surface area contributed by atoms with Gasteiger partial charge in [-0.1, -0.05) is 53.7 Å². The van der Waals surface area contributed by atoms with Crippen molar-refractivity contribution in [3.05, 3.63) is 47.5 Å². The van der Waals surface area contributed by atoms with E-state index in [1.165, 1.54) is 4.70 Å². The molecule has 2 nitrogen and oxygen atoms in total. The highest BCUT2D eigenvalue weighted by Gasteiger charge is 2.27. The van der Waals surface area contributed by atoms with Gasteiger partial charge in [-0.05, 0) is 35.1 Å². The van der Waals surface area contributed by atoms with Gasteiger partial charge in [0.1, 0.15) is 10.8 Å². The standard InChI is InChI=1S/C21H25NOS/c1-20(2,3)14-11-13(12-15(18(14)23)21(4,5)6)19-22-16-9-7-8-10-17(16)24-19/h7-12,23H,1-6H3. The molecule has 3 aromatic rings. The second-order valence-corrected chi connectivity index (χ2v) is 9.44. The molecule has 0 amide bonds. The van der Waals surface area contributed by atoms with Gasteiger partial charge in [0.25, 0.3) is 0 Å². The summed E-state index contributed by atoms with van der Waals surface area (Å²) in [5.41, 5.74) is 3.81. The SMILES string of the molecule is CC(C)(C)c1cc(-c2nc3ccccc3s2)cc(C(C)(C)C)c1O. The van der Waals surface area contributed by atoms with Gasteiger partial charge in [-0.2, -0.15) is 0 Å². The van der Waals surface area contributed by atoms with Gasteiger partial charge in [0, 0.05) is 16.7 Å². The molecule has 0 saturated carbocycles. The lowest BCUT2D eigenvalue weighted by molar-refractivity contribution is 0.423. The highest BCUT2D eigenvalue weighted by atomic mass is 32.1. The Morgan fingerprint density at radius 3 is 1.92 bits per heavy atom. The summed E-state index contributed by atoms with van der Waals surface area (Å²) in [5.74, 6) is 0.417. The molecule has 1 aromatic heterocycles. The molecule has 24 heavy (non-hydrogen) atoms. The first-order chi connectivity index (χ1) is 11.1. The first-order valence-corrected chi connectivity index (χ1v) is 9.13. The van der Waals surface area contributed by atoms with Crippen LogP contribution in [0.4, 0.5) is 0 Å². The number of aromatic nitrogens is 1. The van der Waals surface area contributed by atoms with Gasteiger partial charge in [-0.25, -0.2) is 4.98 Å². The number of phenols is 1. The van der Waals surface area contributed by atoms with E-state index in [0.29, 0.717) is 5.75 Å². The van der Waals surface area contributed by atoms with Crippen LogP contribution in [0.15, 0.2) is 36.4 Å². The molecule has 1 heterocycles. The number of aromatic hydroxyl groups is 1. The van der Waals surface area contributed by atoms with Crippen LogP contribution in [0.1, 0.15) is 52.7 Å². The minimum Gasteiger partial charge on any atom is -0.507 e. The number of hydrogen-bond donors (Lipinski definition) is 1. The van der Waals surface area contributed by atoms with E-state index in [9.17, 15) is 5.11 Å². The van der Waals surface area contributed by atoms with Crippen molar-refractivity contribution >= 4 is 21.6 Å². The molecular weight excluding hydrogens is 314 g/mol. The fourth-order valence-corrected chi connectivity index (χ4v) is 3.85. The summed E-state index contributed by atoms with van der Waals surface area (Å²) in [5, 5.41) is 11.9. The zero-order valence-electron chi connectivity index (χ0n) is 15.3. The average Bonchev–Trinajstić information content (AvgIpc) is 2.88. The fourth-order valence-electron chi connectivity index (χ4n) is 2.90. The lowest BCUT2D eigenvalue weighted by Crippen LogP contribution is -2.17. The molecule has 3 rings (SSSR count). The van der Waals surface area contributed by atoms with Crippen LogP contribution in [-0.2, 0) is 10.8 Å². The Morgan fingerprint density at radius 1 is 0.875 bits per heavy atom. The van der Waals surface area contributed by atoms with Crippen LogP contribution in [0.3, 0.4) is 0 Å². The molecule has 126 valence electrons. The molecule has 3 heteroatoms. The van der Waals surface area contributed by atoms with E-state index < -0.39 is 0 Å². The van der Waals surface area contributed by atoms with Crippen LogP contribution in [0, 0.1) is 0 Å². The number of benzene rings is 2. The maximum Gasteiger partial charge on any atom is 0.124 e. The first kappa shape index (κ1) is 17.0. The number of rotatable bonds is 1. The minimum absolute atomic E-state index is 0.128. The lowest BCUT2D eigenvalue weighted by Gasteiger charge is -2.28. The quantitative estimate of drug-likeness (QED) is 0.567. The summed E-state index contributed by atoms with van der Waals surface area (Å²) in [7, 11) is 0. The number of phenolic OH excluding ortho intramolecular Hbond substituents is 1. The Labute approximate surface area is 148 Å². The summed E-state index contributed by atoms with van der Waals surface area (Å²) in [6, 6.07) is 12.4. The van der Waals surface area contributed by atoms with Gasteiger partial charge in [0.05, 0.1) is 10.2 Å². The van der Waals surface area contributed by atoms with E-state index in [1.807, 2.05) is 18.2 Å². The Kier molecular flexibility index (Phi) is 3.95. The molecule has 0 aliphatic heterocycles. The number of fused-ring (bicyclic) bond motifs is 1. The lowest BCUT2D eigenvalue weighted by atomic mass is 9.78. The fraction of sp³-hybridized carbons (Fsp3) is 0.381. The van der Waals surface area contributed by atoms with Crippen molar-refractivity contribution in [1.82, 2.24) is 4.98 Å². The van der Waals surface area contributed by atoms with Crippen LogP contribution in [0.5, 0.6) is 5.75 Å². The third-order valence-corrected chi connectivity index (χ3v) is 5.35. The molecular formula is C21H25NOS. The van der Waals surface area contributed by atoms with Crippen molar-refractivity contribution in [3.8, 4) is 16.3 Å². The summed E-state index contributed by atoms with van der Waals surface area (Å²) in [6.45, 7) is 12.8. The Bertz CT molecular complexity index is 826. The van der Waals surface area contributed by atoms with E-state index in [4.69, 9.17) is 4.98 Å². The predicted octanol–water partition coefficient (Wildman–Crippen LogP) is 6.26. The van der Waals surface area contributed by atoms with E-state index in [1.54, 1.807) is 11.3 Å². The van der Waals surface area contributed by atoms with Gasteiger partial charge in [0.15, 0.2) is 0 Å². The molecule has 1 N–H and O–H groups in total. The summed E-state index contributed by atoms with van der Waals surface area (Å²) in [6.07, 6.45) is 0. The van der Waals surface area contributed by atoms with Crippen LogP contribution in [0.2, 0.25) is 0 Å². The molecule has 0 spiro atoms. The number of nitrogens with zero attached hydrogens (tertiary/aromatic N) is 1. The minimum atomic E-state index is -0.128. The summed E-state index contributed by atoms with van der Waals surface area (Å²) >= 11 is 1.70. The Hall–Kier alpha value is -1.87. The maximum atomic E-state index is 10.9. The number of hydrogen-bond acceptors (Lipinski definition) is 3. The van der Waals surface area contributed by atoms with E-state index in [0.717, 1.165) is 27.2 Å². The molecule has 0 fully saturated rings. The van der Waals surface area contributed by atoms with Crippen molar-refractivity contribution in [2.24, 2.45) is 0 Å². The van der Waals surface area contributed by atoms with Gasteiger partial charge in [-0.3, -0.25) is 0 Å². The van der Waals surface area contributed by atoms with E-state index >= 15 is 0 Å². The second kappa shape index (κ2) is 5.59. The Morgan fingerprint density at radius 2 is 1.42 bits per heavy atom. The molecule has 0 bridgehead atoms. The van der Waals surface area contributed by atoms with Gasteiger partial charge < -0.3 is 5.11 Å². The topological polar surface area (TPSA) is 33.1 Å². The molecule has 0 saturated heterocycles. The first-order valence-electron chi connectivity index (χ1n) is 8.31. The van der Waals surface area contributed by atoms with Gasteiger partial charge in [-0.15, -0.1) is 11.3 Å². The van der Waals surface area contributed by atoms with Crippen molar-refractivity contribution in [3.63, 3.8) is 0 Å². The zero-order chi connectivity index (χ0) is 17.7. The Balaban J connectivity index is 2.28. The monoisotopic (exact) mass is 339 g/mol. The van der Waals surface area contributed by atoms with E-state index in [2.05, 4.69) is 59.7 Å². The molecule has 0 atom stereocenters. The van der Waals surface area contributed by atoms with Crippen LogP contribution in [0.25, 0.3) is 20.8 Å². The van der Waals surface area contributed by atoms with Crippen LogP contribution < -0.4 is 0 Å². The molecule has 0 aliphatic rings. The van der Waals surface area contributed by atoms with Crippen molar-refractivity contribution in [2.75, 3.05) is 0 Å². The van der Waals surface area contributed by atoms with Crippen LogP contribution in [-0.4, -0.2) is 10.1 Å².